The summed E-state index contributed by atoms with van der Waals surface area (Å²) in [7, 11) is 0. The summed E-state index contributed by atoms with van der Waals surface area (Å²) < 4.78 is 0. The molecule has 1 atom stereocenters. The summed E-state index contributed by atoms with van der Waals surface area (Å²) in [5.74, 6) is -1.27. The lowest BCUT2D eigenvalue weighted by molar-refractivity contribution is -0.141. The van der Waals surface area contributed by atoms with Gasteiger partial charge in [-0.15, -0.1) is 6.58 Å². The first-order valence-corrected chi connectivity index (χ1v) is 4.32. The summed E-state index contributed by atoms with van der Waals surface area (Å²) in [4.78, 5) is 10.8. The number of rotatable bonds is 5. The molecule has 1 unspecified atom stereocenters. The molecule has 74 valence electrons. The van der Waals surface area contributed by atoms with E-state index in [9.17, 15) is 4.79 Å². The van der Waals surface area contributed by atoms with Gasteiger partial charge in [-0.05, 0) is 18.8 Å². The number of carbonyl (C=O) groups is 1. The van der Waals surface area contributed by atoms with Gasteiger partial charge in [-0.1, -0.05) is 32.1 Å². The van der Waals surface area contributed by atoms with Gasteiger partial charge in [-0.3, -0.25) is 4.79 Å². The Morgan fingerprint density at radius 1 is 1.62 bits per heavy atom. The van der Waals surface area contributed by atoms with Gasteiger partial charge in [0.05, 0.1) is 5.92 Å². The maximum absolute atomic E-state index is 10.8. The molecule has 0 radical (unpaired) electrons. The summed E-state index contributed by atoms with van der Waals surface area (Å²) in [6.07, 6.45) is 2.34. The fourth-order valence-corrected chi connectivity index (χ4v) is 1.08. The van der Waals surface area contributed by atoms with Gasteiger partial charge in [-0.25, -0.2) is 0 Å². The molecule has 2 nitrogen and oxygen atoms in total. The van der Waals surface area contributed by atoms with Crippen LogP contribution in [0, 0.1) is 11.3 Å². The quantitative estimate of drug-likeness (QED) is 0.664. The minimum atomic E-state index is -0.803. The summed E-state index contributed by atoms with van der Waals surface area (Å²) in [6.45, 7) is 13.1. The highest BCUT2D eigenvalue weighted by molar-refractivity contribution is 5.73. The lowest BCUT2D eigenvalue weighted by Crippen LogP contribution is -2.22. The number of aliphatic carboxylic acids is 1. The van der Waals surface area contributed by atoms with Crippen LogP contribution in [-0.2, 0) is 4.79 Å². The van der Waals surface area contributed by atoms with Crippen LogP contribution in [0.15, 0.2) is 24.8 Å². The largest absolute Gasteiger partial charge is 0.481 e. The van der Waals surface area contributed by atoms with Crippen molar-refractivity contribution in [2.75, 3.05) is 0 Å². The molecular formula is C11H18O2. The normalized spacial score (nSPS) is 13.5. The lowest BCUT2D eigenvalue weighted by Gasteiger charge is -2.24. The Hall–Kier alpha value is -1.05. The molecule has 0 bridgehead atoms. The average Bonchev–Trinajstić information content (AvgIpc) is 1.99. The highest BCUT2D eigenvalue weighted by Gasteiger charge is 2.25. The van der Waals surface area contributed by atoms with Gasteiger partial charge in [0.15, 0.2) is 0 Å². The Morgan fingerprint density at radius 2 is 2.08 bits per heavy atom. The zero-order chi connectivity index (χ0) is 10.6. The van der Waals surface area contributed by atoms with E-state index in [4.69, 9.17) is 5.11 Å². The van der Waals surface area contributed by atoms with Crippen LogP contribution in [0.3, 0.4) is 0 Å². The van der Waals surface area contributed by atoms with Gasteiger partial charge in [0.2, 0.25) is 0 Å². The summed E-state index contributed by atoms with van der Waals surface area (Å²) in [5, 5.41) is 8.91. The Morgan fingerprint density at radius 3 is 2.31 bits per heavy atom. The predicted octanol–water partition coefficient (Wildman–Crippen LogP) is 2.87. The number of hydrogen-bond donors (Lipinski definition) is 1. The van der Waals surface area contributed by atoms with E-state index in [0.717, 1.165) is 0 Å². The van der Waals surface area contributed by atoms with E-state index >= 15 is 0 Å². The van der Waals surface area contributed by atoms with Crippen LogP contribution in [0.2, 0.25) is 0 Å². The molecule has 13 heavy (non-hydrogen) atoms. The topological polar surface area (TPSA) is 37.3 Å². The van der Waals surface area contributed by atoms with E-state index < -0.39 is 11.9 Å². The second-order valence-electron chi connectivity index (χ2n) is 4.13. The van der Waals surface area contributed by atoms with Crippen molar-refractivity contribution in [1.29, 1.82) is 0 Å². The molecule has 0 rings (SSSR count). The van der Waals surface area contributed by atoms with Crippen molar-refractivity contribution in [1.82, 2.24) is 0 Å². The molecule has 0 aromatic heterocycles. The van der Waals surface area contributed by atoms with Crippen LogP contribution in [-0.4, -0.2) is 11.1 Å². The van der Waals surface area contributed by atoms with E-state index in [1.807, 2.05) is 13.8 Å². The van der Waals surface area contributed by atoms with Gasteiger partial charge in [0.1, 0.15) is 0 Å². The predicted molar refractivity (Wildman–Crippen MR) is 54.5 cm³/mol. The van der Waals surface area contributed by atoms with E-state index in [0.29, 0.717) is 12.0 Å². The van der Waals surface area contributed by atoms with E-state index in [2.05, 4.69) is 13.2 Å². The average molecular weight is 182 g/mol. The van der Waals surface area contributed by atoms with Crippen molar-refractivity contribution < 1.29 is 9.90 Å². The van der Waals surface area contributed by atoms with Crippen LogP contribution in [0.4, 0.5) is 0 Å². The molecule has 0 fully saturated rings. The molecule has 0 spiro atoms. The van der Waals surface area contributed by atoms with Gasteiger partial charge in [0.25, 0.3) is 0 Å². The monoisotopic (exact) mass is 182 g/mol. The molecule has 1 N–H and O–H groups in total. The summed E-state index contributed by atoms with van der Waals surface area (Å²) in [6, 6.07) is 0. The third kappa shape index (κ3) is 3.92. The minimum absolute atomic E-state index is 0.151. The zero-order valence-electron chi connectivity index (χ0n) is 8.63. The fourth-order valence-electron chi connectivity index (χ4n) is 1.08. The van der Waals surface area contributed by atoms with Crippen LogP contribution in [0.5, 0.6) is 0 Å². The Kier molecular flexibility index (Phi) is 3.92. The summed E-state index contributed by atoms with van der Waals surface area (Å²) >= 11 is 0. The Balaban J connectivity index is 4.53. The standard InChI is InChI=1S/C11H18O2/c1-6-11(4,5)7-9(8(2)3)10(12)13/h6,9H,1-2,7H2,3-5H3,(H,12,13). The number of hydrogen-bond acceptors (Lipinski definition) is 1. The molecule has 2 heteroatoms. The van der Waals surface area contributed by atoms with Crippen molar-refractivity contribution in [3.05, 3.63) is 24.8 Å². The molecule has 0 aliphatic heterocycles. The molecule has 0 aliphatic carbocycles. The Bertz CT molecular complexity index is 212. The smallest absolute Gasteiger partial charge is 0.310 e. The third-order valence-corrected chi connectivity index (χ3v) is 2.18. The van der Waals surface area contributed by atoms with Crippen molar-refractivity contribution in [3.8, 4) is 0 Å². The first-order valence-electron chi connectivity index (χ1n) is 4.32. The van der Waals surface area contributed by atoms with Crippen molar-refractivity contribution in [2.24, 2.45) is 11.3 Å². The number of carboxylic acid groups (broad SMARTS) is 1. The SMILES string of the molecule is C=CC(C)(C)CC(C(=C)C)C(=O)O. The van der Waals surface area contributed by atoms with E-state index in [1.165, 1.54) is 0 Å². The van der Waals surface area contributed by atoms with E-state index in [1.54, 1.807) is 13.0 Å². The molecule has 0 heterocycles. The lowest BCUT2D eigenvalue weighted by atomic mass is 9.80. The summed E-state index contributed by atoms with van der Waals surface area (Å²) in [5.41, 5.74) is 0.546. The van der Waals surface area contributed by atoms with Crippen LogP contribution in [0.25, 0.3) is 0 Å². The van der Waals surface area contributed by atoms with Crippen molar-refractivity contribution >= 4 is 5.97 Å². The zero-order valence-corrected chi connectivity index (χ0v) is 8.63. The maximum atomic E-state index is 10.8. The number of allylic oxidation sites excluding steroid dienone is 1. The maximum Gasteiger partial charge on any atom is 0.310 e. The van der Waals surface area contributed by atoms with Gasteiger partial charge >= 0.3 is 5.97 Å². The van der Waals surface area contributed by atoms with Gasteiger partial charge in [-0.2, -0.15) is 0 Å². The molecule has 0 amide bonds. The second kappa shape index (κ2) is 4.26. The highest BCUT2D eigenvalue weighted by atomic mass is 16.4. The number of carboxylic acids is 1. The Labute approximate surface area is 80.0 Å². The molecule has 0 saturated heterocycles. The first kappa shape index (κ1) is 11.9. The van der Waals surface area contributed by atoms with Gasteiger partial charge in [0, 0.05) is 0 Å². The van der Waals surface area contributed by atoms with Crippen LogP contribution >= 0.6 is 0 Å². The van der Waals surface area contributed by atoms with Gasteiger partial charge < -0.3 is 5.11 Å². The van der Waals surface area contributed by atoms with Crippen LogP contribution in [0.1, 0.15) is 27.2 Å². The highest BCUT2D eigenvalue weighted by Crippen LogP contribution is 2.29. The fraction of sp³-hybridized carbons (Fsp3) is 0.545. The van der Waals surface area contributed by atoms with Crippen molar-refractivity contribution in [3.63, 3.8) is 0 Å². The molecular weight excluding hydrogens is 164 g/mol. The second-order valence-corrected chi connectivity index (χ2v) is 4.13. The molecule has 0 aromatic rings. The molecule has 0 aromatic carbocycles. The third-order valence-electron chi connectivity index (χ3n) is 2.18. The molecule has 0 saturated carbocycles. The van der Waals surface area contributed by atoms with Crippen molar-refractivity contribution in [2.45, 2.75) is 27.2 Å². The first-order chi connectivity index (χ1) is 5.80. The minimum Gasteiger partial charge on any atom is -0.481 e. The van der Waals surface area contributed by atoms with Crippen LogP contribution < -0.4 is 0 Å². The van der Waals surface area contributed by atoms with E-state index in [-0.39, 0.29) is 5.41 Å². The molecule has 0 aliphatic rings.